The molecule has 0 amide bonds. The maximum Gasteiger partial charge on any atom is 0.455 e. The van der Waals surface area contributed by atoms with Crippen molar-refractivity contribution in [1.29, 1.82) is 0 Å². The van der Waals surface area contributed by atoms with E-state index in [9.17, 15) is 25.2 Å². The molecule has 272 valence electrons. The monoisotopic (exact) mass is 727 g/mol. The molecule has 1 aromatic heterocycles. The summed E-state index contributed by atoms with van der Waals surface area (Å²) in [6.45, 7) is 10.6. The van der Waals surface area contributed by atoms with E-state index in [1.807, 2.05) is 4.85 Å². The first-order valence-electron chi connectivity index (χ1n) is 17.8. The van der Waals surface area contributed by atoms with Gasteiger partial charge in [0, 0.05) is 19.6 Å². The van der Waals surface area contributed by atoms with Gasteiger partial charge in [-0.2, -0.15) is 4.62 Å². The minimum Gasteiger partial charge on any atom is -0.285 e. The Balaban J connectivity index is 0.000000473. The summed E-state index contributed by atoms with van der Waals surface area (Å²) in [5.41, 5.74) is 1.90. The van der Waals surface area contributed by atoms with Crippen LogP contribution in [0.25, 0.3) is 11.0 Å². The van der Waals surface area contributed by atoms with E-state index in [1.54, 1.807) is 0 Å². The molecule has 0 saturated carbocycles. The predicted molar refractivity (Wildman–Crippen MR) is 176 cm³/mol. The normalized spacial score (nSPS) is 31.7. The molecule has 6 aliphatic rings. The van der Waals surface area contributed by atoms with Crippen molar-refractivity contribution in [2.75, 3.05) is 58.9 Å². The van der Waals surface area contributed by atoms with Gasteiger partial charge in [0.25, 0.3) is 0 Å². The molecule has 6 saturated heterocycles. The Morgan fingerprint density at radius 1 is 0.562 bits per heavy atom. The van der Waals surface area contributed by atoms with E-state index < -0.39 is 15.8 Å². The van der Waals surface area contributed by atoms with Gasteiger partial charge in [-0.15, -0.1) is 5.10 Å². The Morgan fingerprint density at radius 3 is 1.33 bits per heavy atom. The van der Waals surface area contributed by atoms with Gasteiger partial charge >= 0.3 is 40.9 Å². The van der Waals surface area contributed by atoms with Gasteiger partial charge in [0.1, 0.15) is 29.5 Å². The molecule has 2 aromatic rings. The van der Waals surface area contributed by atoms with Crippen LogP contribution in [-0.2, 0) is 0 Å². The number of fused-ring (bicyclic) bond motifs is 1. The summed E-state index contributed by atoms with van der Waals surface area (Å²) in [5, 5.41) is 9.30. The van der Waals surface area contributed by atoms with Crippen molar-refractivity contribution < 1.29 is 29.8 Å². The van der Waals surface area contributed by atoms with E-state index in [2.05, 4.69) is 58.1 Å². The number of hydrogen-bond donors (Lipinski definition) is 0. The fraction of sp³-hybridized carbons (Fsp3) is 0.800. The smallest absolute Gasteiger partial charge is 0.285 e. The molecule has 0 N–H and O–H groups in total. The molecule has 0 spiro atoms. The summed E-state index contributed by atoms with van der Waals surface area (Å²) in [6.07, 6.45) is 16.7. The molecule has 48 heavy (non-hydrogen) atoms. The van der Waals surface area contributed by atoms with Gasteiger partial charge in [0.15, 0.2) is 0 Å². The SMILES string of the molecule is F[P-](F)(F)(F)(F)F.c1ccc2c(c1)nnn2O[P+](N1CCCC1N1CCCC1)(N1CCCC1N1CCCC1)N1CCCC1N1CCCC1. The largest absolute Gasteiger partial charge is 0.455 e. The molecule has 0 bridgehead atoms. The molecular weight excluding hydrogens is 678 g/mol. The van der Waals surface area contributed by atoms with Crippen molar-refractivity contribution in [3.8, 4) is 0 Å². The van der Waals surface area contributed by atoms with Crippen molar-refractivity contribution in [3.05, 3.63) is 24.3 Å². The summed E-state index contributed by atoms with van der Waals surface area (Å²) in [4.78, 5) is 10.2. The summed E-state index contributed by atoms with van der Waals surface area (Å²) >= 11 is 0. The van der Waals surface area contributed by atoms with Crippen molar-refractivity contribution in [1.82, 2.24) is 43.9 Å². The second-order valence-corrected chi connectivity index (χ2v) is 18.7. The zero-order chi connectivity index (χ0) is 33.6. The quantitative estimate of drug-likeness (QED) is 0.204. The Morgan fingerprint density at radius 2 is 0.938 bits per heavy atom. The zero-order valence-electron chi connectivity index (χ0n) is 27.5. The first-order chi connectivity index (χ1) is 22.8. The number of para-hydroxylation sites is 1. The topological polar surface area (TPSA) is 59.4 Å². The van der Waals surface area contributed by atoms with E-state index in [0.29, 0.717) is 18.5 Å². The van der Waals surface area contributed by atoms with E-state index in [0.717, 1.165) is 30.7 Å². The van der Waals surface area contributed by atoms with Crippen molar-refractivity contribution >= 4 is 26.8 Å². The van der Waals surface area contributed by atoms with E-state index in [-0.39, 0.29) is 0 Å². The first-order valence-corrected chi connectivity index (χ1v) is 21.4. The fourth-order valence-electron chi connectivity index (χ4n) is 8.94. The van der Waals surface area contributed by atoms with Crippen LogP contribution in [0.15, 0.2) is 24.3 Å². The first kappa shape index (κ1) is 35.0. The summed E-state index contributed by atoms with van der Waals surface area (Å²) < 4.78 is 75.7. The Labute approximate surface area is 279 Å². The minimum atomic E-state index is -10.7. The van der Waals surface area contributed by atoms with Crippen LogP contribution in [0.1, 0.15) is 77.0 Å². The predicted octanol–water partition coefficient (Wildman–Crippen LogP) is 7.47. The molecule has 7 heterocycles. The Bertz CT molecular complexity index is 1310. The number of benzene rings is 1. The van der Waals surface area contributed by atoms with Gasteiger partial charge in [0.2, 0.25) is 0 Å². The van der Waals surface area contributed by atoms with Crippen LogP contribution in [0.3, 0.4) is 0 Å². The summed E-state index contributed by atoms with van der Waals surface area (Å²) in [7, 11) is -13.2. The van der Waals surface area contributed by atoms with Crippen LogP contribution in [0, 0.1) is 0 Å². The average Bonchev–Trinajstić information content (AvgIpc) is 3.87. The molecule has 3 unspecified atom stereocenters. The minimum absolute atomic E-state index is 0.445. The maximum absolute atomic E-state index is 10.7. The number of nitrogens with zero attached hydrogens (tertiary/aromatic N) is 9. The molecule has 0 radical (unpaired) electrons. The molecule has 6 aliphatic heterocycles. The van der Waals surface area contributed by atoms with Gasteiger partial charge in [-0.25, -0.2) is 0 Å². The van der Waals surface area contributed by atoms with Gasteiger partial charge in [0.05, 0.1) is 0 Å². The van der Waals surface area contributed by atoms with Crippen LogP contribution in [0.4, 0.5) is 25.2 Å². The van der Waals surface area contributed by atoms with E-state index in [4.69, 9.17) is 9.84 Å². The van der Waals surface area contributed by atoms with Crippen LogP contribution in [0.5, 0.6) is 0 Å². The summed E-state index contributed by atoms with van der Waals surface area (Å²) in [6, 6.07) is 8.36. The van der Waals surface area contributed by atoms with E-state index >= 15 is 0 Å². The number of rotatable bonds is 8. The molecular formula is C30H49F6N9OP2. The van der Waals surface area contributed by atoms with Crippen molar-refractivity contribution in [2.24, 2.45) is 0 Å². The number of hydrogen-bond acceptors (Lipinski definition) is 9. The van der Waals surface area contributed by atoms with Gasteiger partial charge in [-0.05, 0) is 139 Å². The van der Waals surface area contributed by atoms with Crippen molar-refractivity contribution in [2.45, 2.75) is 95.5 Å². The Kier molecular flexibility index (Phi) is 9.48. The average molecular weight is 728 g/mol. The van der Waals surface area contributed by atoms with Gasteiger partial charge in [-0.1, -0.05) is 26.1 Å². The Hall–Kier alpha value is -1.38. The van der Waals surface area contributed by atoms with Crippen LogP contribution >= 0.6 is 15.8 Å². The molecule has 0 aliphatic carbocycles. The standard InChI is InChI=1S/C30H49N9OP.F6P/c1-2-13-27-26(12-1)31-32-39(27)40-41(36-23-9-14-28(36)33-17-3-4-18-33,37-24-10-15-29(37)34-19-5-6-20-34)38-25-11-16-30(38)35-21-7-8-22-35;1-7(2,3,4,5)6/h1-2,12-13,28-30H,3-11,14-25H2;/q+1;-1. The van der Waals surface area contributed by atoms with Crippen LogP contribution < -0.4 is 4.62 Å². The second-order valence-electron chi connectivity index (χ2n) is 14.1. The van der Waals surface area contributed by atoms with Crippen molar-refractivity contribution in [3.63, 3.8) is 0 Å². The molecule has 3 atom stereocenters. The molecule has 1 aromatic carbocycles. The van der Waals surface area contributed by atoms with Gasteiger partial charge in [-0.3, -0.25) is 14.7 Å². The third kappa shape index (κ3) is 7.76. The third-order valence-electron chi connectivity index (χ3n) is 10.8. The molecule has 10 nitrogen and oxygen atoms in total. The second kappa shape index (κ2) is 13.0. The molecule has 18 heteroatoms. The fourth-order valence-corrected chi connectivity index (χ4v) is 13.5. The summed E-state index contributed by atoms with van der Waals surface area (Å²) in [5.74, 6) is 0. The maximum atomic E-state index is 9.87. The van der Waals surface area contributed by atoms with Crippen LogP contribution in [0.2, 0.25) is 0 Å². The number of halogens is 6. The molecule has 6 fully saturated rings. The zero-order valence-corrected chi connectivity index (χ0v) is 29.3. The van der Waals surface area contributed by atoms with Gasteiger partial charge < -0.3 is 0 Å². The number of aromatic nitrogens is 3. The van der Waals surface area contributed by atoms with E-state index in [1.165, 1.54) is 116 Å². The molecule has 8 rings (SSSR count). The third-order valence-corrected chi connectivity index (χ3v) is 14.6. The van der Waals surface area contributed by atoms with Crippen LogP contribution in [-0.4, -0.2) is 121 Å². The number of likely N-dealkylation sites (tertiary alicyclic amines) is 3.